The van der Waals surface area contributed by atoms with Crippen molar-refractivity contribution in [2.45, 2.75) is 217 Å². The second kappa shape index (κ2) is 46.9. The lowest BCUT2D eigenvalue weighted by Crippen LogP contribution is -2.64. The van der Waals surface area contributed by atoms with Crippen molar-refractivity contribution < 1.29 is 104 Å². The van der Waals surface area contributed by atoms with E-state index < -0.39 is 257 Å². The summed E-state index contributed by atoms with van der Waals surface area (Å²) in [5, 5.41) is 49.2. The minimum atomic E-state index is -5.45. The van der Waals surface area contributed by atoms with Gasteiger partial charge in [-0.1, -0.05) is 109 Å². The fourth-order valence-electron chi connectivity index (χ4n) is 13.9. The molecule has 0 spiro atoms. The van der Waals surface area contributed by atoms with Gasteiger partial charge in [0.05, 0.1) is 12.5 Å². The number of para-hydroxylation sites is 1. The van der Waals surface area contributed by atoms with Crippen LogP contribution in [0.5, 0.6) is 0 Å². The number of hydrogen-bond donors (Lipinski definition) is 19. The van der Waals surface area contributed by atoms with E-state index in [2.05, 4.69) is 101 Å². The van der Waals surface area contributed by atoms with Crippen LogP contribution in [0.15, 0.2) is 87.9 Å². The van der Waals surface area contributed by atoms with Crippen LogP contribution in [-0.2, 0) is 116 Å². The summed E-state index contributed by atoms with van der Waals surface area (Å²) < 4.78 is 43.6. The highest BCUT2D eigenvalue weighted by atomic mass is 79.9. The molecule has 22 N–H and O–H groups in total. The van der Waals surface area contributed by atoms with Crippen molar-refractivity contribution in [1.29, 1.82) is 5.41 Å². The number of carbonyl (C=O) groups is 17. The van der Waals surface area contributed by atoms with Crippen LogP contribution in [0.4, 0.5) is 0 Å². The molecule has 6 rings (SSSR count). The summed E-state index contributed by atoms with van der Waals surface area (Å²) in [6.45, 7) is 10.5. The van der Waals surface area contributed by atoms with Gasteiger partial charge in [0.15, 0.2) is 5.96 Å². The predicted octanol–water partition coefficient (Wildman–Crippen LogP) is -3.31. The van der Waals surface area contributed by atoms with E-state index in [1.54, 1.807) is 107 Å². The maximum absolute atomic E-state index is 15.4. The first-order chi connectivity index (χ1) is 58.6. The van der Waals surface area contributed by atoms with Crippen molar-refractivity contribution in [3.05, 3.63) is 105 Å². The minimum absolute atomic E-state index is 0.0154. The molecule has 0 bridgehead atoms. The molecule has 2 aliphatic rings. The molecule has 2 fully saturated rings. The number of amides is 16. The number of aromatic nitrogens is 1. The van der Waals surface area contributed by atoms with Crippen molar-refractivity contribution >= 4 is 160 Å². The Morgan fingerprint density at radius 3 is 1.90 bits per heavy atom. The average molecular weight is 1900 g/mol. The van der Waals surface area contributed by atoms with Gasteiger partial charge in [0.1, 0.15) is 96.9 Å². The summed E-state index contributed by atoms with van der Waals surface area (Å²) in [6.07, 6.45) is -4.84. The highest BCUT2D eigenvalue weighted by molar-refractivity contribution is 9.10. The molecule has 3 heterocycles. The Bertz CT molecular complexity index is 4730. The van der Waals surface area contributed by atoms with Crippen molar-refractivity contribution in [2.24, 2.45) is 28.5 Å². The third kappa shape index (κ3) is 30.3. The normalized spacial score (nSPS) is 20.2. The van der Waals surface area contributed by atoms with Crippen LogP contribution >= 0.6 is 31.9 Å². The molecular formula is C80H112Br2N20O22S. The third-order valence-electron chi connectivity index (χ3n) is 21.5. The van der Waals surface area contributed by atoms with Crippen LogP contribution in [0.1, 0.15) is 123 Å². The summed E-state index contributed by atoms with van der Waals surface area (Å²) in [5.41, 5.74) is 17.6. The van der Waals surface area contributed by atoms with E-state index in [0.29, 0.717) is 54.7 Å². The van der Waals surface area contributed by atoms with E-state index in [0.717, 1.165) is 32.4 Å². The van der Waals surface area contributed by atoms with Gasteiger partial charge in [-0.15, -0.1) is 0 Å². The van der Waals surface area contributed by atoms with Gasteiger partial charge in [-0.05, 0) is 118 Å². The number of aliphatic hydroxyl groups excluding tert-OH is 1. The largest absolute Gasteiger partial charge is 0.459 e. The quantitative estimate of drug-likeness (QED) is 0.00522. The van der Waals surface area contributed by atoms with Crippen LogP contribution < -0.4 is 81.0 Å². The summed E-state index contributed by atoms with van der Waals surface area (Å²) in [4.78, 5) is 248. The number of nitrogens with zero attached hydrogens (tertiary/aromatic N) is 3. The standard InChI is InChI=1S/C80H112Br2N20O22S/c1-11-80(7,8)65(99-73(115)57-19-15-31-102(57)76(118)54(94-66(108)41(4)90-39-103)33-45-22-26-48(82)27-23-45)75(117)96-62(40(2)3)74(116)93-53(34-46-36-88-50-17-13-12-16-49(46)50)68(110)91-51(18-14-30-87-79(85)86)67(109)95-55(38-125(121,122)123)70(112)98-64-43(6)124-61(107)37-89-71(113)58(35-60(84)106)101(10)77(119)63(42(5)104)97-69(111)52(32-44-20-24-47(81)25-21-44)92-72(114)56(28-29-59(83)105)100(9)78(64)120/h12-13,16-17,20-27,36,39-43,51-58,62-65,88,104H,11,14-15,18-19,28-35,37-38H2,1-10H3,(H2,83,105)(H2,84,106)(H,89,113)(H,90,103)(H,91,110)(H,92,114)(H,93,116)(H,94,108)(H,95,109)(H,96,117)(H,97,111)(H,98,112)(H,99,115)(H4,85,86,87)(H,121,122,123). The number of carbonyl (C=O) groups excluding carboxylic acids is 17. The van der Waals surface area contributed by atoms with E-state index in [9.17, 15) is 70.8 Å². The topological polar surface area (TPSA) is 646 Å². The minimum Gasteiger partial charge on any atom is -0.459 e. The number of benzene rings is 3. The maximum Gasteiger partial charge on any atom is 0.325 e. The Labute approximate surface area is 738 Å². The molecule has 4 aromatic rings. The smallest absolute Gasteiger partial charge is 0.325 e. The van der Waals surface area contributed by atoms with Gasteiger partial charge < -0.3 is 111 Å². The molecule has 45 heteroatoms. The first-order valence-corrected chi connectivity index (χ1v) is 43.4. The Morgan fingerprint density at radius 2 is 1.31 bits per heavy atom. The second-order valence-electron chi connectivity index (χ2n) is 31.7. The molecular weight excluding hydrogens is 1780 g/mol. The lowest BCUT2D eigenvalue weighted by Gasteiger charge is -2.36. The first-order valence-electron chi connectivity index (χ1n) is 40.2. The number of cyclic esters (lactones) is 1. The molecule has 15 unspecified atom stereocenters. The molecule has 2 saturated heterocycles. The van der Waals surface area contributed by atoms with E-state index in [4.69, 9.17) is 27.3 Å². The lowest BCUT2D eigenvalue weighted by atomic mass is 9.80. The highest BCUT2D eigenvalue weighted by Gasteiger charge is 2.46. The molecule has 684 valence electrons. The number of halogens is 2. The number of likely N-dealkylation sites (tertiary alicyclic amines) is 1. The number of primary amides is 2. The van der Waals surface area contributed by atoms with Crippen LogP contribution in [0.3, 0.4) is 0 Å². The van der Waals surface area contributed by atoms with Gasteiger partial charge in [-0.2, -0.15) is 8.42 Å². The zero-order valence-corrected chi connectivity index (χ0v) is 74.7. The summed E-state index contributed by atoms with van der Waals surface area (Å²) in [6, 6.07) is -2.35. The van der Waals surface area contributed by atoms with E-state index >= 15 is 28.8 Å². The van der Waals surface area contributed by atoms with E-state index in [1.807, 2.05) is 0 Å². The fraction of sp³-hybridized carbons (Fsp3) is 0.525. The van der Waals surface area contributed by atoms with Crippen molar-refractivity contribution in [3.8, 4) is 0 Å². The number of nitrogens with one attached hydrogen (secondary N) is 14. The number of H-pyrrole nitrogens is 1. The maximum atomic E-state index is 15.4. The SMILES string of the molecule is CCC(C)(C)C(NC(=O)C1CCCN1C(=O)C(Cc1ccc(Br)cc1)NC(=O)C(C)NC=O)C(=O)NC(C(=O)NC(Cc1c[nH]c2ccccc12)C(=O)NC(CCCNC(=N)N)C(=O)NC(CS(=O)(=O)O)C(=O)NC1C(=O)N(C)C(CCC(N)=O)C(=O)NC(Cc2ccc(Br)cc2)C(=O)NC(C(C)O)C(=O)N(C)C(CC(N)=O)C(=O)NCC(=O)OC1C)C(C)C. The van der Waals surface area contributed by atoms with Gasteiger partial charge in [-0.3, -0.25) is 91.5 Å². The zero-order valence-electron chi connectivity index (χ0n) is 70.7. The number of esters is 1. The van der Waals surface area contributed by atoms with Crippen LogP contribution in [0.2, 0.25) is 0 Å². The number of fused-ring (bicyclic) bond motifs is 1. The molecule has 0 aliphatic carbocycles. The van der Waals surface area contributed by atoms with Gasteiger partial charge in [0.25, 0.3) is 10.1 Å². The van der Waals surface area contributed by atoms with Crippen LogP contribution in [-0.4, -0.2) is 275 Å². The van der Waals surface area contributed by atoms with Crippen LogP contribution in [0, 0.1) is 16.7 Å². The highest BCUT2D eigenvalue weighted by Crippen LogP contribution is 2.29. The van der Waals surface area contributed by atoms with Crippen molar-refractivity contribution in [3.63, 3.8) is 0 Å². The van der Waals surface area contributed by atoms with Gasteiger partial charge in [0.2, 0.25) is 95.0 Å². The summed E-state index contributed by atoms with van der Waals surface area (Å²) >= 11 is 6.72. The Morgan fingerprint density at radius 1 is 0.712 bits per heavy atom. The van der Waals surface area contributed by atoms with Crippen LogP contribution in [0.25, 0.3) is 10.9 Å². The Hall–Kier alpha value is -11.7. The zero-order chi connectivity index (χ0) is 93.2. The molecule has 2 aliphatic heterocycles. The number of ether oxygens (including phenoxy) is 1. The van der Waals surface area contributed by atoms with Crippen molar-refractivity contribution in [1.82, 2.24) is 83.5 Å². The number of aliphatic hydroxyl groups is 1. The van der Waals surface area contributed by atoms with E-state index in [1.165, 1.54) is 18.0 Å². The first kappa shape index (κ1) is 102. The monoisotopic (exact) mass is 1890 g/mol. The number of hydrogen-bond acceptors (Lipinski definition) is 22. The number of likely N-dealkylation sites (N-methyl/N-ethyl adjacent to an activating group) is 2. The van der Waals surface area contributed by atoms with E-state index in [-0.39, 0.29) is 45.2 Å². The molecule has 15 atom stereocenters. The molecule has 42 nitrogen and oxygen atoms in total. The molecule has 16 amide bonds. The fourth-order valence-corrected chi connectivity index (χ4v) is 15.1. The molecule has 3 aromatic carbocycles. The number of rotatable bonds is 38. The molecule has 1 aromatic heterocycles. The summed E-state index contributed by atoms with van der Waals surface area (Å²) in [5.74, 6) is -21.0. The van der Waals surface area contributed by atoms with Gasteiger partial charge in [0, 0.05) is 78.9 Å². The predicted molar refractivity (Wildman–Crippen MR) is 459 cm³/mol. The average Bonchev–Trinajstić information content (AvgIpc) is 1.78. The molecule has 125 heavy (non-hydrogen) atoms. The number of aromatic amines is 1. The second-order valence-corrected chi connectivity index (χ2v) is 35.0. The molecule has 0 saturated carbocycles. The van der Waals surface area contributed by atoms with Gasteiger partial charge in [-0.25, -0.2) is 0 Å². The van der Waals surface area contributed by atoms with Gasteiger partial charge >= 0.3 is 5.97 Å². The Kier molecular flexibility index (Phi) is 38.3. The van der Waals surface area contributed by atoms with Crippen molar-refractivity contribution in [2.75, 3.05) is 39.5 Å². The summed E-state index contributed by atoms with van der Waals surface area (Å²) in [7, 11) is -3.48. The number of nitrogens with two attached hydrogens (primary N) is 3. The Balaban J connectivity index is 1.36. The lowest BCUT2D eigenvalue weighted by molar-refractivity contribution is -0.156. The number of guanidine groups is 1. The third-order valence-corrected chi connectivity index (χ3v) is 23.3. The molecule has 0 radical (unpaired) electrons.